The topological polar surface area (TPSA) is 124 Å². The second kappa shape index (κ2) is 8.95. The molecule has 1 saturated heterocycles. The fraction of sp³-hybridized carbons (Fsp3) is 0.444. The highest BCUT2D eigenvalue weighted by atomic mass is 32.2. The number of nitrogens with zero attached hydrogens (tertiary/aromatic N) is 2. The van der Waals surface area contributed by atoms with Crippen LogP contribution < -0.4 is 10.9 Å². The first-order valence-corrected chi connectivity index (χ1v) is 11.8. The molecule has 29 heavy (non-hydrogen) atoms. The molecule has 1 atom stereocenters. The molecule has 0 bridgehead atoms. The van der Waals surface area contributed by atoms with Gasteiger partial charge in [0.1, 0.15) is 0 Å². The third kappa shape index (κ3) is 5.36. The fourth-order valence-corrected chi connectivity index (χ4v) is 5.58. The summed E-state index contributed by atoms with van der Waals surface area (Å²) in [5.74, 6) is -0.800. The number of ether oxygens (including phenoxy) is 1. The van der Waals surface area contributed by atoms with Crippen molar-refractivity contribution in [2.24, 2.45) is 0 Å². The summed E-state index contributed by atoms with van der Waals surface area (Å²) in [7, 11) is -1.82. The van der Waals surface area contributed by atoms with Crippen molar-refractivity contribution in [3.63, 3.8) is 0 Å². The van der Waals surface area contributed by atoms with Crippen molar-refractivity contribution in [1.29, 1.82) is 0 Å². The number of carbonyl (C=O) groups excluding carboxylic acids is 2. The van der Waals surface area contributed by atoms with Gasteiger partial charge in [0.15, 0.2) is 15.0 Å². The van der Waals surface area contributed by atoms with Crippen LogP contribution >= 0.6 is 11.8 Å². The Morgan fingerprint density at radius 2 is 2.10 bits per heavy atom. The quantitative estimate of drug-likeness (QED) is 0.372. The number of hydrogen-bond donors (Lipinski definition) is 1. The first-order chi connectivity index (χ1) is 13.8. The number of para-hydroxylation sites is 1. The second-order valence-corrected chi connectivity index (χ2v) is 9.82. The van der Waals surface area contributed by atoms with Gasteiger partial charge < -0.3 is 10.1 Å². The van der Waals surface area contributed by atoms with E-state index in [0.29, 0.717) is 22.5 Å². The molecule has 1 N–H and O–H groups in total. The average Bonchev–Trinajstić information content (AvgIpc) is 3.03. The molecular formula is C18H21N3O6S2. The van der Waals surface area contributed by atoms with Gasteiger partial charge in [-0.2, -0.15) is 0 Å². The van der Waals surface area contributed by atoms with E-state index in [1.165, 1.54) is 11.7 Å². The van der Waals surface area contributed by atoms with Crippen molar-refractivity contribution in [2.75, 3.05) is 24.4 Å². The van der Waals surface area contributed by atoms with Crippen molar-refractivity contribution < 1.29 is 22.7 Å². The van der Waals surface area contributed by atoms with Crippen LogP contribution in [-0.2, 0) is 30.7 Å². The van der Waals surface area contributed by atoms with E-state index in [-0.39, 0.29) is 47.7 Å². The Labute approximate surface area is 171 Å². The minimum Gasteiger partial charge on any atom is -0.469 e. The van der Waals surface area contributed by atoms with E-state index in [4.69, 9.17) is 0 Å². The summed E-state index contributed by atoms with van der Waals surface area (Å²) in [6.45, 7) is 0.0775. The summed E-state index contributed by atoms with van der Waals surface area (Å²) in [6, 6.07) is 6.45. The van der Waals surface area contributed by atoms with Crippen LogP contribution in [0.15, 0.2) is 34.2 Å². The fourth-order valence-electron chi connectivity index (χ4n) is 3.07. The summed E-state index contributed by atoms with van der Waals surface area (Å²) in [4.78, 5) is 41.0. The van der Waals surface area contributed by atoms with Crippen LogP contribution in [0.25, 0.3) is 10.9 Å². The summed E-state index contributed by atoms with van der Waals surface area (Å²) < 4.78 is 29.0. The molecule has 0 aliphatic carbocycles. The highest BCUT2D eigenvalue weighted by Crippen LogP contribution is 2.19. The molecule has 11 heteroatoms. The van der Waals surface area contributed by atoms with Crippen LogP contribution in [0.1, 0.15) is 12.8 Å². The van der Waals surface area contributed by atoms with Crippen molar-refractivity contribution in [3.05, 3.63) is 34.6 Å². The van der Waals surface area contributed by atoms with Crippen molar-refractivity contribution in [2.45, 2.75) is 30.6 Å². The maximum absolute atomic E-state index is 12.8. The third-order valence-electron chi connectivity index (χ3n) is 4.52. The molecule has 0 saturated carbocycles. The highest BCUT2D eigenvalue weighted by Gasteiger charge is 2.29. The number of benzene rings is 1. The Morgan fingerprint density at radius 3 is 2.79 bits per heavy atom. The molecule has 0 unspecified atom stereocenters. The predicted molar refractivity (Wildman–Crippen MR) is 109 cm³/mol. The molecule has 3 rings (SSSR count). The lowest BCUT2D eigenvalue weighted by Crippen LogP contribution is -2.36. The summed E-state index contributed by atoms with van der Waals surface area (Å²) in [5, 5.41) is 3.44. The van der Waals surface area contributed by atoms with E-state index in [9.17, 15) is 22.8 Å². The molecule has 2 heterocycles. The standard InChI is InChI=1S/C18H21N3O6S2/c1-27-16(23)6-8-21-17(24)13-4-2-3-5-14(13)20-18(21)28-10-15(22)19-12-7-9-29(25,26)11-12/h2-5,12H,6-11H2,1H3,(H,19,22)/t12-/m1/s1. The lowest BCUT2D eigenvalue weighted by molar-refractivity contribution is -0.140. The maximum Gasteiger partial charge on any atom is 0.307 e. The summed E-state index contributed by atoms with van der Waals surface area (Å²) >= 11 is 1.06. The van der Waals surface area contributed by atoms with E-state index >= 15 is 0 Å². The molecule has 1 aromatic carbocycles. The van der Waals surface area contributed by atoms with Gasteiger partial charge in [-0.3, -0.25) is 19.0 Å². The summed E-state index contributed by atoms with van der Waals surface area (Å²) in [5.41, 5.74) is 0.195. The van der Waals surface area contributed by atoms with Crippen LogP contribution in [0.4, 0.5) is 0 Å². The normalized spacial score (nSPS) is 17.9. The number of amides is 1. The first-order valence-electron chi connectivity index (χ1n) is 8.98. The number of methoxy groups -OCH3 is 1. The SMILES string of the molecule is COC(=O)CCn1c(SCC(=O)N[C@@H]2CCS(=O)(=O)C2)nc2ccccc2c1=O. The number of sulfone groups is 1. The van der Waals surface area contributed by atoms with Crippen molar-refractivity contribution in [3.8, 4) is 0 Å². The highest BCUT2D eigenvalue weighted by molar-refractivity contribution is 7.99. The maximum atomic E-state index is 12.8. The molecule has 9 nitrogen and oxygen atoms in total. The van der Waals surface area contributed by atoms with Gasteiger partial charge in [0.05, 0.1) is 41.7 Å². The lowest BCUT2D eigenvalue weighted by atomic mass is 10.2. The van der Waals surface area contributed by atoms with E-state index < -0.39 is 15.8 Å². The molecule has 156 valence electrons. The Morgan fingerprint density at radius 1 is 1.34 bits per heavy atom. The van der Waals surface area contributed by atoms with Crippen LogP contribution in [0.3, 0.4) is 0 Å². The number of carbonyl (C=O) groups is 2. The molecule has 0 spiro atoms. The van der Waals surface area contributed by atoms with Gasteiger partial charge in [-0.25, -0.2) is 13.4 Å². The van der Waals surface area contributed by atoms with Gasteiger partial charge in [-0.15, -0.1) is 0 Å². The molecule has 2 aromatic rings. The molecule has 1 fully saturated rings. The monoisotopic (exact) mass is 439 g/mol. The Bertz CT molecular complexity index is 1100. The van der Waals surface area contributed by atoms with Crippen molar-refractivity contribution in [1.82, 2.24) is 14.9 Å². The Kier molecular flexibility index (Phi) is 6.58. The van der Waals surface area contributed by atoms with Crippen LogP contribution in [-0.4, -0.2) is 60.3 Å². The molecular weight excluding hydrogens is 418 g/mol. The predicted octanol–water partition coefficient (Wildman–Crippen LogP) is 0.355. The number of rotatable bonds is 7. The molecule has 1 amide bonds. The van der Waals surface area contributed by atoms with E-state index in [0.717, 1.165) is 11.8 Å². The largest absolute Gasteiger partial charge is 0.469 e. The van der Waals surface area contributed by atoms with Crippen LogP contribution in [0.5, 0.6) is 0 Å². The van der Waals surface area contributed by atoms with Gasteiger partial charge >= 0.3 is 5.97 Å². The van der Waals surface area contributed by atoms with Gasteiger partial charge in [0.2, 0.25) is 5.91 Å². The minimum absolute atomic E-state index is 0.00385. The zero-order valence-electron chi connectivity index (χ0n) is 15.8. The van der Waals surface area contributed by atoms with Crippen LogP contribution in [0, 0.1) is 0 Å². The minimum atomic E-state index is -3.09. The molecule has 1 aliphatic heterocycles. The van der Waals surface area contributed by atoms with Crippen LogP contribution in [0.2, 0.25) is 0 Å². The average molecular weight is 440 g/mol. The number of hydrogen-bond acceptors (Lipinski definition) is 8. The van der Waals surface area contributed by atoms with Gasteiger partial charge in [0.25, 0.3) is 5.56 Å². The number of esters is 1. The second-order valence-electron chi connectivity index (χ2n) is 6.65. The Balaban J connectivity index is 1.77. The van der Waals surface area contributed by atoms with Crippen molar-refractivity contribution >= 4 is 44.4 Å². The zero-order chi connectivity index (χ0) is 21.0. The smallest absolute Gasteiger partial charge is 0.307 e. The lowest BCUT2D eigenvalue weighted by Gasteiger charge is -2.14. The zero-order valence-corrected chi connectivity index (χ0v) is 17.4. The summed E-state index contributed by atoms with van der Waals surface area (Å²) in [6.07, 6.45) is 0.396. The molecule has 1 aromatic heterocycles. The van der Waals surface area contributed by atoms with E-state index in [1.54, 1.807) is 24.3 Å². The Hall–Kier alpha value is -2.40. The number of fused-ring (bicyclic) bond motifs is 1. The van der Waals surface area contributed by atoms with Gasteiger partial charge in [-0.1, -0.05) is 23.9 Å². The number of nitrogens with one attached hydrogen (secondary N) is 1. The van der Waals surface area contributed by atoms with Gasteiger partial charge in [-0.05, 0) is 18.6 Å². The number of thioether (sulfide) groups is 1. The molecule has 1 aliphatic rings. The third-order valence-corrected chi connectivity index (χ3v) is 7.27. The van der Waals surface area contributed by atoms with E-state index in [1.807, 2.05) is 0 Å². The number of aromatic nitrogens is 2. The molecule has 0 radical (unpaired) electrons. The van der Waals surface area contributed by atoms with Gasteiger partial charge in [0, 0.05) is 12.6 Å². The first kappa shape index (κ1) is 21.3. The van der Waals surface area contributed by atoms with E-state index in [2.05, 4.69) is 15.0 Å².